The molecule has 0 saturated carbocycles. The van der Waals surface area contributed by atoms with Crippen molar-refractivity contribution in [3.8, 4) is 0 Å². The molecule has 2 aromatic rings. The van der Waals surface area contributed by atoms with Crippen LogP contribution in [0.5, 0.6) is 0 Å². The van der Waals surface area contributed by atoms with E-state index in [1.54, 1.807) is 5.38 Å². The van der Waals surface area contributed by atoms with E-state index in [1.807, 2.05) is 4.72 Å². The van der Waals surface area contributed by atoms with Gasteiger partial charge in [0, 0.05) is 25.2 Å². The van der Waals surface area contributed by atoms with E-state index in [0.717, 1.165) is 35.7 Å². The Labute approximate surface area is 163 Å². The monoisotopic (exact) mass is 406 g/mol. The molecule has 0 fully saturated rings. The van der Waals surface area contributed by atoms with Gasteiger partial charge in [0.2, 0.25) is 0 Å². The Morgan fingerprint density at radius 1 is 1.11 bits per heavy atom. The van der Waals surface area contributed by atoms with E-state index in [4.69, 9.17) is 0 Å². The summed E-state index contributed by atoms with van der Waals surface area (Å²) in [4.78, 5) is 16.5. The topological polar surface area (TPSA) is 91.4 Å². The number of rotatable bonds is 5. The predicted octanol–water partition coefficient (Wildman–Crippen LogP) is 2.40. The summed E-state index contributed by atoms with van der Waals surface area (Å²) in [6, 6.07) is 2.36. The fourth-order valence-electron chi connectivity index (χ4n) is 3.77. The van der Waals surface area contributed by atoms with Crippen molar-refractivity contribution in [1.29, 1.82) is 0 Å². The molecular formula is C18H22N4O3S2. The van der Waals surface area contributed by atoms with Crippen molar-refractivity contribution >= 4 is 38.3 Å². The smallest absolute Gasteiger partial charge is 0.303 e. The van der Waals surface area contributed by atoms with Gasteiger partial charge in [-0.2, -0.15) is 12.7 Å². The summed E-state index contributed by atoms with van der Waals surface area (Å²) < 4.78 is 26.6. The van der Waals surface area contributed by atoms with Gasteiger partial charge in [0.25, 0.3) is 5.91 Å². The van der Waals surface area contributed by atoms with Crippen LogP contribution in [0.3, 0.4) is 0 Å². The summed E-state index contributed by atoms with van der Waals surface area (Å²) in [5, 5.41) is 5.62. The molecule has 0 unspecified atom stereocenters. The van der Waals surface area contributed by atoms with Crippen molar-refractivity contribution < 1.29 is 13.2 Å². The van der Waals surface area contributed by atoms with Crippen LogP contribution in [-0.2, 0) is 35.9 Å². The van der Waals surface area contributed by atoms with Crippen LogP contribution in [0, 0.1) is 0 Å². The minimum atomic E-state index is -3.83. The maximum absolute atomic E-state index is 12.2. The highest BCUT2D eigenvalue weighted by Gasteiger charge is 2.25. The Bertz CT molecular complexity index is 980. The minimum Gasteiger partial charge on any atom is -0.331 e. The number of aryl methyl sites for hydroxylation is 2. The average molecular weight is 407 g/mol. The molecule has 0 spiro atoms. The molecule has 0 aliphatic heterocycles. The molecular weight excluding hydrogens is 384 g/mol. The molecule has 1 amide bonds. The molecule has 0 atom stereocenters. The first-order chi connectivity index (χ1) is 12.8. The van der Waals surface area contributed by atoms with E-state index < -0.39 is 16.1 Å². The van der Waals surface area contributed by atoms with E-state index in [1.165, 1.54) is 60.5 Å². The second kappa shape index (κ2) is 6.88. The van der Waals surface area contributed by atoms with Crippen LogP contribution >= 0.6 is 11.3 Å². The lowest BCUT2D eigenvalue weighted by Gasteiger charge is -2.15. The second-order valence-electron chi connectivity index (χ2n) is 7.12. The molecule has 2 N–H and O–H groups in total. The van der Waals surface area contributed by atoms with E-state index in [2.05, 4.69) is 16.4 Å². The number of hydrogen-bond donors (Lipinski definition) is 2. The summed E-state index contributed by atoms with van der Waals surface area (Å²) in [6.07, 6.45) is 6.69. The van der Waals surface area contributed by atoms with Crippen LogP contribution in [0.25, 0.3) is 0 Å². The number of carbonyl (C=O) groups is 1. The largest absolute Gasteiger partial charge is 0.331 e. The van der Waals surface area contributed by atoms with Crippen LogP contribution in [0.2, 0.25) is 0 Å². The Morgan fingerprint density at radius 2 is 1.74 bits per heavy atom. The second-order valence-corrected chi connectivity index (χ2v) is 9.86. The lowest BCUT2D eigenvalue weighted by molar-refractivity contribution is 0.0975. The van der Waals surface area contributed by atoms with Gasteiger partial charge in [0.05, 0.1) is 0 Å². The Hall–Kier alpha value is -1.97. The highest BCUT2D eigenvalue weighted by atomic mass is 32.2. The number of anilines is 2. The first-order valence-corrected chi connectivity index (χ1v) is 11.3. The lowest BCUT2D eigenvalue weighted by atomic mass is 9.99. The zero-order valence-corrected chi connectivity index (χ0v) is 17.0. The van der Waals surface area contributed by atoms with Crippen molar-refractivity contribution in [2.24, 2.45) is 0 Å². The zero-order chi connectivity index (χ0) is 19.2. The molecule has 0 radical (unpaired) electrons. The summed E-state index contributed by atoms with van der Waals surface area (Å²) in [5.41, 5.74) is 6.82. The molecule has 144 valence electrons. The first-order valence-electron chi connectivity index (χ1n) is 8.99. The van der Waals surface area contributed by atoms with Gasteiger partial charge in [-0.1, -0.05) is 6.07 Å². The average Bonchev–Trinajstić information content (AvgIpc) is 3.33. The van der Waals surface area contributed by atoms with Gasteiger partial charge in [-0.3, -0.25) is 4.79 Å². The molecule has 7 nitrogen and oxygen atoms in total. The van der Waals surface area contributed by atoms with Gasteiger partial charge in [0.1, 0.15) is 5.69 Å². The summed E-state index contributed by atoms with van der Waals surface area (Å²) in [5.74, 6) is -0.725. The maximum Gasteiger partial charge on any atom is 0.303 e. The third-order valence-corrected chi connectivity index (χ3v) is 7.31. The highest BCUT2D eigenvalue weighted by Crippen LogP contribution is 2.40. The fourth-order valence-corrected chi connectivity index (χ4v) is 4.99. The highest BCUT2D eigenvalue weighted by molar-refractivity contribution is 7.87. The zero-order valence-electron chi connectivity index (χ0n) is 15.3. The van der Waals surface area contributed by atoms with Crippen molar-refractivity contribution in [3.63, 3.8) is 0 Å². The number of nitrogens with one attached hydrogen (secondary N) is 2. The van der Waals surface area contributed by atoms with Gasteiger partial charge in [-0.15, -0.1) is 11.3 Å². The Balaban J connectivity index is 1.59. The van der Waals surface area contributed by atoms with E-state index in [0.29, 0.717) is 5.13 Å². The van der Waals surface area contributed by atoms with Gasteiger partial charge in [0.15, 0.2) is 5.13 Å². The molecule has 1 aromatic carbocycles. The fraction of sp³-hybridized carbons (Fsp3) is 0.444. The molecule has 4 rings (SSSR count). The number of hydrogen-bond acceptors (Lipinski definition) is 6. The summed E-state index contributed by atoms with van der Waals surface area (Å²) >= 11 is 1.31. The number of benzene rings is 1. The molecule has 27 heavy (non-hydrogen) atoms. The molecule has 9 heteroatoms. The number of thiazole rings is 1. The Kier molecular flexibility index (Phi) is 4.69. The van der Waals surface area contributed by atoms with Gasteiger partial charge in [-0.25, -0.2) is 9.71 Å². The molecule has 1 heterocycles. The maximum atomic E-state index is 12.2. The third-order valence-electron chi connectivity index (χ3n) is 5.14. The van der Waals surface area contributed by atoms with Crippen molar-refractivity contribution in [2.75, 3.05) is 19.4 Å². The summed E-state index contributed by atoms with van der Waals surface area (Å²) in [6.45, 7) is 0. The molecule has 0 bridgehead atoms. The number of amides is 1. The van der Waals surface area contributed by atoms with Crippen LogP contribution in [0.15, 0.2) is 11.4 Å². The molecule has 1 aromatic heterocycles. The van der Waals surface area contributed by atoms with Crippen LogP contribution < -0.4 is 10.0 Å². The van der Waals surface area contributed by atoms with Crippen molar-refractivity contribution in [2.45, 2.75) is 38.5 Å². The standard InChI is InChI=1S/C18H22N4O3S2/c1-22(2)27(24,25)21-17(23)15-10-26-18(19-15)20-16-13-7-3-5-11(13)9-12-6-4-8-14(12)16/h9-10H,3-8H2,1-2H3,(H,19,20)(H,21,23). The number of carbonyl (C=O) groups excluding carboxylic acids is 1. The Morgan fingerprint density at radius 3 is 2.33 bits per heavy atom. The van der Waals surface area contributed by atoms with E-state index in [9.17, 15) is 13.2 Å². The predicted molar refractivity (Wildman–Crippen MR) is 106 cm³/mol. The summed E-state index contributed by atoms with van der Waals surface area (Å²) in [7, 11) is -1.11. The number of nitrogens with zero attached hydrogens (tertiary/aromatic N) is 2. The SMILES string of the molecule is CN(C)S(=O)(=O)NC(=O)c1csc(Nc2c3c(cc4c2CCC4)CCC3)n1. The van der Waals surface area contributed by atoms with Crippen LogP contribution in [-0.4, -0.2) is 37.7 Å². The molecule has 0 saturated heterocycles. The van der Waals surface area contributed by atoms with Gasteiger partial charge >= 0.3 is 10.2 Å². The normalized spacial score (nSPS) is 15.7. The molecule has 2 aliphatic rings. The quantitative estimate of drug-likeness (QED) is 0.796. The van der Waals surface area contributed by atoms with Gasteiger partial charge in [-0.05, 0) is 60.8 Å². The number of aromatic nitrogens is 1. The van der Waals surface area contributed by atoms with E-state index in [-0.39, 0.29) is 5.69 Å². The third kappa shape index (κ3) is 3.46. The first kappa shape index (κ1) is 18.4. The van der Waals surface area contributed by atoms with Crippen LogP contribution in [0.1, 0.15) is 45.6 Å². The van der Waals surface area contributed by atoms with Crippen molar-refractivity contribution in [1.82, 2.24) is 14.0 Å². The minimum absolute atomic E-state index is 0.0946. The lowest BCUT2D eigenvalue weighted by Crippen LogP contribution is -2.39. The van der Waals surface area contributed by atoms with Gasteiger partial charge < -0.3 is 5.32 Å². The number of fused-ring (bicyclic) bond motifs is 2. The van der Waals surface area contributed by atoms with Crippen LogP contribution in [0.4, 0.5) is 10.8 Å². The molecule has 2 aliphatic carbocycles. The van der Waals surface area contributed by atoms with Crippen molar-refractivity contribution in [3.05, 3.63) is 39.4 Å². The van der Waals surface area contributed by atoms with E-state index >= 15 is 0 Å².